The predicted octanol–water partition coefficient (Wildman–Crippen LogP) is 1.53. The molecule has 0 radical (unpaired) electrons. The van der Waals surface area contributed by atoms with E-state index in [4.69, 9.17) is 16.3 Å². The van der Waals surface area contributed by atoms with Crippen molar-refractivity contribution < 1.29 is 9.84 Å². The quantitative estimate of drug-likeness (QED) is 0.800. The van der Waals surface area contributed by atoms with Crippen LogP contribution < -0.4 is 5.32 Å². The van der Waals surface area contributed by atoms with E-state index in [9.17, 15) is 5.11 Å². The predicted molar refractivity (Wildman–Crippen MR) is 54.6 cm³/mol. The van der Waals surface area contributed by atoms with Crippen molar-refractivity contribution in [2.75, 3.05) is 13.2 Å². The maximum absolute atomic E-state index is 9.51. The number of nitrogens with one attached hydrogen (secondary N) is 1. The Labute approximate surface area is 87.6 Å². The van der Waals surface area contributed by atoms with Crippen molar-refractivity contribution in [2.24, 2.45) is 0 Å². The van der Waals surface area contributed by atoms with Crippen LogP contribution in [0.4, 0.5) is 0 Å². The van der Waals surface area contributed by atoms with E-state index in [0.29, 0.717) is 17.6 Å². The molecule has 1 aromatic rings. The van der Waals surface area contributed by atoms with Gasteiger partial charge in [-0.3, -0.25) is 0 Å². The first-order chi connectivity index (χ1) is 6.75. The van der Waals surface area contributed by atoms with E-state index in [-0.39, 0.29) is 5.75 Å². The maximum Gasteiger partial charge on any atom is 0.120 e. The molecule has 0 saturated carbocycles. The molecule has 1 aromatic carbocycles. The van der Waals surface area contributed by atoms with Crippen LogP contribution in [0.25, 0.3) is 0 Å². The lowest BCUT2D eigenvalue weighted by atomic mass is 10.2. The third kappa shape index (κ3) is 2.18. The minimum Gasteiger partial charge on any atom is -0.508 e. The Morgan fingerprint density at radius 3 is 2.93 bits per heavy atom. The summed E-state index contributed by atoms with van der Waals surface area (Å²) in [5, 5.41) is 13.4. The van der Waals surface area contributed by atoms with Crippen LogP contribution in [-0.2, 0) is 11.3 Å². The number of benzene rings is 1. The van der Waals surface area contributed by atoms with Gasteiger partial charge in [0, 0.05) is 17.1 Å². The number of phenolic OH excluding ortho intramolecular Hbond substituents is 1. The summed E-state index contributed by atoms with van der Waals surface area (Å²) in [6.07, 6.45) is 0. The smallest absolute Gasteiger partial charge is 0.120 e. The standard InChI is InChI=1S/C10H12ClNO2/c11-8-1-2-10(13)7(3-8)4-12-9-5-14-6-9/h1-3,9,12-13H,4-6H2. The number of rotatable bonds is 3. The third-order valence-electron chi connectivity index (χ3n) is 2.26. The van der Waals surface area contributed by atoms with Gasteiger partial charge in [0.1, 0.15) is 5.75 Å². The van der Waals surface area contributed by atoms with Crippen molar-refractivity contribution in [3.63, 3.8) is 0 Å². The summed E-state index contributed by atoms with van der Waals surface area (Å²) in [5.41, 5.74) is 0.824. The second-order valence-corrected chi connectivity index (χ2v) is 3.82. The summed E-state index contributed by atoms with van der Waals surface area (Å²) in [6.45, 7) is 2.13. The molecule has 0 aliphatic carbocycles. The van der Waals surface area contributed by atoms with Gasteiger partial charge in [0.15, 0.2) is 0 Å². The van der Waals surface area contributed by atoms with Gasteiger partial charge >= 0.3 is 0 Å². The first-order valence-electron chi connectivity index (χ1n) is 4.54. The fourth-order valence-corrected chi connectivity index (χ4v) is 1.50. The fraction of sp³-hybridized carbons (Fsp3) is 0.400. The molecule has 76 valence electrons. The van der Waals surface area contributed by atoms with Gasteiger partial charge in [-0.15, -0.1) is 0 Å². The van der Waals surface area contributed by atoms with Gasteiger partial charge in [-0.25, -0.2) is 0 Å². The Balaban J connectivity index is 1.96. The number of hydrogen-bond acceptors (Lipinski definition) is 3. The van der Waals surface area contributed by atoms with Gasteiger partial charge in [0.25, 0.3) is 0 Å². The molecule has 0 aromatic heterocycles. The second-order valence-electron chi connectivity index (χ2n) is 3.39. The lowest BCUT2D eigenvalue weighted by molar-refractivity contribution is -0.00584. The minimum absolute atomic E-state index is 0.280. The molecule has 0 atom stereocenters. The highest BCUT2D eigenvalue weighted by atomic mass is 35.5. The van der Waals surface area contributed by atoms with Crippen LogP contribution in [0, 0.1) is 0 Å². The zero-order chi connectivity index (χ0) is 9.97. The van der Waals surface area contributed by atoms with Crippen LogP contribution in [0.3, 0.4) is 0 Å². The molecule has 3 nitrogen and oxygen atoms in total. The third-order valence-corrected chi connectivity index (χ3v) is 2.50. The summed E-state index contributed by atoms with van der Waals surface area (Å²) in [6, 6.07) is 5.46. The van der Waals surface area contributed by atoms with Crippen molar-refractivity contribution in [1.82, 2.24) is 5.32 Å². The Morgan fingerprint density at radius 1 is 1.50 bits per heavy atom. The highest BCUT2D eigenvalue weighted by Crippen LogP contribution is 2.21. The second kappa shape index (κ2) is 4.17. The molecule has 4 heteroatoms. The molecule has 1 aliphatic heterocycles. The van der Waals surface area contributed by atoms with Crippen molar-refractivity contribution in [1.29, 1.82) is 0 Å². The molecule has 0 bridgehead atoms. The highest BCUT2D eigenvalue weighted by molar-refractivity contribution is 6.30. The molecule has 1 aliphatic rings. The SMILES string of the molecule is Oc1ccc(Cl)cc1CNC1COC1. The van der Waals surface area contributed by atoms with E-state index < -0.39 is 0 Å². The average Bonchev–Trinajstić information content (AvgIpc) is 2.08. The van der Waals surface area contributed by atoms with E-state index in [0.717, 1.165) is 18.8 Å². The van der Waals surface area contributed by atoms with Crippen LogP contribution in [0.15, 0.2) is 18.2 Å². The van der Waals surface area contributed by atoms with Crippen LogP contribution in [-0.4, -0.2) is 24.4 Å². The normalized spacial score (nSPS) is 16.6. The van der Waals surface area contributed by atoms with Crippen LogP contribution >= 0.6 is 11.6 Å². The molecule has 1 heterocycles. The molecular weight excluding hydrogens is 202 g/mol. The number of phenols is 1. The lowest BCUT2D eigenvalue weighted by Crippen LogP contribution is -2.45. The molecule has 1 saturated heterocycles. The number of ether oxygens (including phenoxy) is 1. The maximum atomic E-state index is 9.51. The van der Waals surface area contributed by atoms with E-state index in [1.54, 1.807) is 18.2 Å². The first kappa shape index (κ1) is 9.77. The van der Waals surface area contributed by atoms with Crippen LogP contribution in [0.2, 0.25) is 5.02 Å². The van der Waals surface area contributed by atoms with E-state index in [1.807, 2.05) is 0 Å². The van der Waals surface area contributed by atoms with Gasteiger partial charge in [0.2, 0.25) is 0 Å². The van der Waals surface area contributed by atoms with Gasteiger partial charge in [-0.05, 0) is 18.2 Å². The van der Waals surface area contributed by atoms with Crippen molar-refractivity contribution in [3.05, 3.63) is 28.8 Å². The Hall–Kier alpha value is -0.770. The molecule has 2 rings (SSSR count). The number of hydrogen-bond donors (Lipinski definition) is 2. The zero-order valence-corrected chi connectivity index (χ0v) is 8.42. The summed E-state index contributed by atoms with van der Waals surface area (Å²) in [5.74, 6) is 0.280. The Bertz CT molecular complexity index is 326. The largest absolute Gasteiger partial charge is 0.508 e. The van der Waals surface area contributed by atoms with Gasteiger partial charge in [-0.2, -0.15) is 0 Å². The van der Waals surface area contributed by atoms with Gasteiger partial charge in [0.05, 0.1) is 19.3 Å². The minimum atomic E-state index is 0.280. The molecule has 2 N–H and O–H groups in total. The zero-order valence-electron chi connectivity index (χ0n) is 7.66. The lowest BCUT2D eigenvalue weighted by Gasteiger charge is -2.27. The number of aromatic hydroxyl groups is 1. The van der Waals surface area contributed by atoms with Crippen LogP contribution in [0.1, 0.15) is 5.56 Å². The summed E-state index contributed by atoms with van der Waals surface area (Å²) < 4.78 is 5.03. The topological polar surface area (TPSA) is 41.5 Å². The Morgan fingerprint density at radius 2 is 2.29 bits per heavy atom. The van der Waals surface area contributed by atoms with Gasteiger partial charge < -0.3 is 15.2 Å². The molecule has 0 amide bonds. The molecule has 0 unspecified atom stereocenters. The summed E-state index contributed by atoms with van der Waals surface area (Å²) in [7, 11) is 0. The molecule has 1 fully saturated rings. The first-order valence-corrected chi connectivity index (χ1v) is 4.92. The van der Waals surface area contributed by atoms with E-state index in [1.165, 1.54) is 0 Å². The van der Waals surface area contributed by atoms with E-state index >= 15 is 0 Å². The highest BCUT2D eigenvalue weighted by Gasteiger charge is 2.17. The Kier molecular flexibility index (Phi) is 2.91. The van der Waals surface area contributed by atoms with Crippen molar-refractivity contribution in [2.45, 2.75) is 12.6 Å². The number of halogens is 1. The van der Waals surface area contributed by atoms with Crippen molar-refractivity contribution in [3.8, 4) is 5.75 Å². The molecular formula is C10H12ClNO2. The molecule has 0 spiro atoms. The monoisotopic (exact) mass is 213 g/mol. The molecule has 14 heavy (non-hydrogen) atoms. The van der Waals surface area contributed by atoms with Crippen LogP contribution in [0.5, 0.6) is 5.75 Å². The average molecular weight is 214 g/mol. The fourth-order valence-electron chi connectivity index (χ4n) is 1.30. The summed E-state index contributed by atoms with van der Waals surface area (Å²) >= 11 is 5.82. The summed E-state index contributed by atoms with van der Waals surface area (Å²) in [4.78, 5) is 0. The van der Waals surface area contributed by atoms with Crippen molar-refractivity contribution >= 4 is 11.6 Å². The van der Waals surface area contributed by atoms with Gasteiger partial charge in [-0.1, -0.05) is 11.6 Å². The van der Waals surface area contributed by atoms with E-state index in [2.05, 4.69) is 5.32 Å².